The van der Waals surface area contributed by atoms with Gasteiger partial charge in [-0.1, -0.05) is 18.2 Å². The minimum atomic E-state index is 0. The predicted octanol–water partition coefficient (Wildman–Crippen LogP) is 2.63. The van der Waals surface area contributed by atoms with Crippen LogP contribution in [0.4, 0.5) is 11.6 Å². The summed E-state index contributed by atoms with van der Waals surface area (Å²) in [4.78, 5) is 15.1. The molecule has 28 heavy (non-hydrogen) atoms. The molecule has 0 bridgehead atoms. The number of rotatable bonds is 3. The van der Waals surface area contributed by atoms with E-state index in [1.165, 1.54) is 0 Å². The summed E-state index contributed by atoms with van der Waals surface area (Å²) < 4.78 is 8.14. The molecule has 0 unspecified atom stereocenters. The molecule has 4 heterocycles. The maximum absolute atomic E-state index is 7.09. The van der Waals surface area contributed by atoms with Crippen LogP contribution in [-0.2, 0) is 11.3 Å². The van der Waals surface area contributed by atoms with Crippen LogP contribution in [-0.4, -0.2) is 52.9 Å². The number of nitrogens with zero attached hydrogens (tertiary/aromatic N) is 5. The number of morpholine rings is 1. The fourth-order valence-corrected chi connectivity index (χ4v) is 3.96. The van der Waals surface area contributed by atoms with Gasteiger partial charge in [-0.3, -0.25) is 4.98 Å². The van der Waals surface area contributed by atoms with E-state index in [-0.39, 0.29) is 18.5 Å². The van der Waals surface area contributed by atoms with Crippen LogP contribution >= 0.6 is 12.4 Å². The van der Waals surface area contributed by atoms with E-state index in [4.69, 9.17) is 16.3 Å². The molecule has 2 aromatic heterocycles. The van der Waals surface area contributed by atoms with Gasteiger partial charge in [0.25, 0.3) is 0 Å². The van der Waals surface area contributed by atoms with E-state index in [0.29, 0.717) is 18.3 Å². The van der Waals surface area contributed by atoms with Crippen LogP contribution < -0.4 is 10.2 Å². The van der Waals surface area contributed by atoms with Gasteiger partial charge in [0.2, 0.25) is 11.6 Å². The molecular weight excluding hydrogens is 376 g/mol. The molecule has 2 aliphatic rings. The molecule has 8 heteroatoms. The molecule has 5 rings (SSSR count). The van der Waals surface area contributed by atoms with Crippen molar-refractivity contribution in [1.29, 1.82) is 0 Å². The van der Waals surface area contributed by atoms with E-state index >= 15 is 0 Å². The summed E-state index contributed by atoms with van der Waals surface area (Å²) in [6, 6.07) is 12.3. The van der Waals surface area contributed by atoms with Gasteiger partial charge in [-0.25, -0.2) is 9.83 Å². The molecule has 3 aromatic rings. The summed E-state index contributed by atoms with van der Waals surface area (Å²) in [6.45, 7) is 11.1. The number of halogens is 1. The van der Waals surface area contributed by atoms with E-state index in [1.54, 1.807) is 6.20 Å². The van der Waals surface area contributed by atoms with Crippen molar-refractivity contribution in [2.24, 2.45) is 0 Å². The van der Waals surface area contributed by atoms with Crippen molar-refractivity contribution in [2.75, 3.05) is 31.1 Å². The molecular formula is C20H21ClN6O. The third-order valence-corrected chi connectivity index (χ3v) is 5.28. The minimum Gasteiger partial charge on any atom is -0.373 e. The van der Waals surface area contributed by atoms with Gasteiger partial charge in [0.05, 0.1) is 48.6 Å². The van der Waals surface area contributed by atoms with Gasteiger partial charge in [-0.15, -0.1) is 12.4 Å². The average molecular weight is 397 g/mol. The Kier molecular flexibility index (Phi) is 5.18. The highest BCUT2D eigenvalue weighted by Crippen LogP contribution is 2.28. The zero-order valence-electron chi connectivity index (χ0n) is 15.3. The Bertz CT molecular complexity index is 998. The van der Waals surface area contributed by atoms with Gasteiger partial charge < -0.3 is 19.5 Å². The molecule has 2 fully saturated rings. The maximum Gasteiger partial charge on any atom is 0.207 e. The monoisotopic (exact) mass is 396 g/mol. The van der Waals surface area contributed by atoms with Crippen molar-refractivity contribution >= 4 is 35.1 Å². The number of benzene rings is 1. The minimum absolute atomic E-state index is 0. The average Bonchev–Trinajstić information content (AvgIpc) is 3.30. The second kappa shape index (κ2) is 7.76. The lowest BCUT2D eigenvalue weighted by molar-refractivity contribution is 0.0212. The maximum atomic E-state index is 7.09. The number of anilines is 1. The standard InChI is InChI=1S/C20H20N6O.ClH/c1-21-14-6-7-15(23-10-14)11-26-18-5-3-2-4-16(18)24-20(26)25-12-17-19(13-25)27-9-8-22-17;/h2-7,10,17,19,22H,8-9,11-13H2;1H/t17-,19+;/m0./s1. The lowest BCUT2D eigenvalue weighted by Gasteiger charge is -2.25. The molecule has 1 aromatic carbocycles. The molecule has 0 radical (unpaired) electrons. The van der Waals surface area contributed by atoms with E-state index in [2.05, 4.69) is 30.7 Å². The summed E-state index contributed by atoms with van der Waals surface area (Å²) in [6.07, 6.45) is 1.84. The zero-order valence-corrected chi connectivity index (χ0v) is 16.1. The van der Waals surface area contributed by atoms with E-state index in [1.807, 2.05) is 30.3 Å². The summed E-state index contributed by atoms with van der Waals surface area (Å²) in [7, 11) is 0. The lowest BCUT2D eigenvalue weighted by atomic mass is 10.2. The molecule has 0 aliphatic carbocycles. The van der Waals surface area contributed by atoms with Crippen LogP contribution in [0.3, 0.4) is 0 Å². The second-order valence-corrected chi connectivity index (χ2v) is 6.98. The predicted molar refractivity (Wildman–Crippen MR) is 110 cm³/mol. The third-order valence-electron chi connectivity index (χ3n) is 5.28. The Morgan fingerprint density at radius 1 is 1.21 bits per heavy atom. The first kappa shape index (κ1) is 18.7. The number of pyridine rings is 1. The van der Waals surface area contributed by atoms with Gasteiger partial charge in [0.1, 0.15) is 0 Å². The molecule has 144 valence electrons. The first-order valence-electron chi connectivity index (χ1n) is 9.19. The molecule has 0 amide bonds. The second-order valence-electron chi connectivity index (χ2n) is 6.98. The molecule has 1 N–H and O–H groups in total. The van der Waals surface area contributed by atoms with Crippen molar-refractivity contribution in [3.05, 3.63) is 59.7 Å². The van der Waals surface area contributed by atoms with Gasteiger partial charge in [0, 0.05) is 25.8 Å². The highest BCUT2D eigenvalue weighted by Gasteiger charge is 2.37. The fraction of sp³-hybridized carbons (Fsp3) is 0.350. The quantitative estimate of drug-likeness (QED) is 0.690. The number of hydrogen-bond donors (Lipinski definition) is 1. The zero-order chi connectivity index (χ0) is 18.2. The Morgan fingerprint density at radius 2 is 2.11 bits per heavy atom. The van der Waals surface area contributed by atoms with Gasteiger partial charge in [-0.05, 0) is 18.2 Å². The van der Waals surface area contributed by atoms with Crippen molar-refractivity contribution in [2.45, 2.75) is 18.7 Å². The highest BCUT2D eigenvalue weighted by atomic mass is 35.5. The van der Waals surface area contributed by atoms with Gasteiger partial charge >= 0.3 is 0 Å². The van der Waals surface area contributed by atoms with Crippen LogP contribution in [0.15, 0.2) is 42.6 Å². The number of fused-ring (bicyclic) bond motifs is 2. The van der Waals surface area contributed by atoms with E-state index < -0.39 is 0 Å². The summed E-state index contributed by atoms with van der Waals surface area (Å²) >= 11 is 0. The van der Waals surface area contributed by atoms with Crippen LogP contribution in [0.1, 0.15) is 5.69 Å². The van der Waals surface area contributed by atoms with Crippen LogP contribution in [0.5, 0.6) is 0 Å². The van der Waals surface area contributed by atoms with Crippen LogP contribution in [0, 0.1) is 6.57 Å². The lowest BCUT2D eigenvalue weighted by Crippen LogP contribution is -2.47. The Labute approximate surface area is 169 Å². The van der Waals surface area contributed by atoms with Crippen molar-refractivity contribution in [3.63, 3.8) is 0 Å². The van der Waals surface area contributed by atoms with Gasteiger partial charge in [-0.2, -0.15) is 0 Å². The summed E-state index contributed by atoms with van der Waals surface area (Å²) in [5, 5.41) is 3.55. The van der Waals surface area contributed by atoms with E-state index in [0.717, 1.165) is 48.9 Å². The number of imidazole rings is 1. The molecule has 0 spiro atoms. The van der Waals surface area contributed by atoms with E-state index in [9.17, 15) is 0 Å². The fourth-order valence-electron chi connectivity index (χ4n) is 3.96. The summed E-state index contributed by atoms with van der Waals surface area (Å²) in [5.41, 5.74) is 3.54. The molecule has 7 nitrogen and oxygen atoms in total. The Hall–Kier alpha value is -2.66. The van der Waals surface area contributed by atoms with Crippen LogP contribution in [0.2, 0.25) is 0 Å². The first-order chi connectivity index (χ1) is 13.3. The smallest absolute Gasteiger partial charge is 0.207 e. The largest absolute Gasteiger partial charge is 0.373 e. The van der Waals surface area contributed by atoms with Crippen molar-refractivity contribution in [3.8, 4) is 0 Å². The molecule has 0 saturated carbocycles. The normalized spacial score (nSPS) is 21.2. The highest BCUT2D eigenvalue weighted by molar-refractivity contribution is 5.85. The van der Waals surface area contributed by atoms with Crippen molar-refractivity contribution < 1.29 is 4.74 Å². The molecule has 2 aliphatic heterocycles. The third kappa shape index (κ3) is 3.31. The number of ether oxygens (including phenoxy) is 1. The van der Waals surface area contributed by atoms with Crippen LogP contribution in [0.25, 0.3) is 15.9 Å². The Morgan fingerprint density at radius 3 is 2.89 bits per heavy atom. The number of para-hydroxylation sites is 2. The SMILES string of the molecule is Cl.[C-]#[N+]c1ccc(Cn2c(N3C[C@@H]4NCCO[C@@H]4C3)nc3ccccc32)nc1. The molecule has 2 atom stereocenters. The Balaban J connectivity index is 0.00000192. The number of nitrogens with one attached hydrogen (secondary N) is 1. The van der Waals surface area contributed by atoms with Crippen molar-refractivity contribution in [1.82, 2.24) is 19.9 Å². The number of hydrogen-bond acceptors (Lipinski definition) is 5. The van der Waals surface area contributed by atoms with Gasteiger partial charge in [0.15, 0.2) is 0 Å². The topological polar surface area (TPSA) is 59.6 Å². The first-order valence-corrected chi connectivity index (χ1v) is 9.19. The number of aromatic nitrogens is 3. The molecule has 2 saturated heterocycles. The summed E-state index contributed by atoms with van der Waals surface area (Å²) in [5.74, 6) is 0.951.